The average molecular weight is 635 g/mol. The Kier molecular flexibility index (Phi) is 9.62. The van der Waals surface area contributed by atoms with Gasteiger partial charge in [0.2, 0.25) is 17.7 Å². The van der Waals surface area contributed by atoms with E-state index in [4.69, 9.17) is 22.4 Å². The van der Waals surface area contributed by atoms with E-state index in [-0.39, 0.29) is 46.5 Å². The summed E-state index contributed by atoms with van der Waals surface area (Å²) >= 11 is 0. The van der Waals surface area contributed by atoms with E-state index in [9.17, 15) is 10.3 Å². The van der Waals surface area contributed by atoms with E-state index in [1.807, 2.05) is 13.8 Å². The van der Waals surface area contributed by atoms with Crippen LogP contribution in [0, 0.1) is 0 Å². The molecular weight excluding hydrogens is 589 g/mol. The minimum Gasteiger partial charge on any atom is -0.476 e. The molecule has 0 bridgehead atoms. The van der Waals surface area contributed by atoms with Crippen molar-refractivity contribution in [2.45, 2.75) is 122 Å². The molecule has 2 fully saturated rings. The third kappa shape index (κ3) is 5.69. The second-order valence-corrected chi connectivity index (χ2v) is 21.6. The molecule has 1 N–H and O–H groups in total. The minimum atomic E-state index is -3.04. The van der Waals surface area contributed by atoms with Gasteiger partial charge < -0.3 is 22.4 Å². The summed E-state index contributed by atoms with van der Waals surface area (Å²) in [5.74, 6) is -0.0591. The van der Waals surface area contributed by atoms with Crippen LogP contribution in [0.5, 0.6) is 5.88 Å². The van der Waals surface area contributed by atoms with Crippen LogP contribution in [0.2, 0.25) is 22.2 Å². The van der Waals surface area contributed by atoms with Crippen molar-refractivity contribution in [3.05, 3.63) is 16.8 Å². The summed E-state index contributed by atoms with van der Waals surface area (Å²) in [6.07, 6.45) is -0.571. The fourth-order valence-electron chi connectivity index (χ4n) is 6.40. The second-order valence-electron chi connectivity index (χ2n) is 12.7. The summed E-state index contributed by atoms with van der Waals surface area (Å²) in [6.45, 7) is 22.8. The lowest BCUT2D eigenvalue weighted by atomic mass is 9.93. The van der Waals surface area contributed by atoms with E-state index in [1.165, 1.54) is 6.92 Å². The third-order valence-electron chi connectivity index (χ3n) is 8.51. The Labute approximate surface area is 255 Å². The van der Waals surface area contributed by atoms with Crippen LogP contribution in [-0.4, -0.2) is 73.5 Å². The highest BCUT2D eigenvalue weighted by atomic mass is 28.5. The number of ether oxygens (including phenoxy) is 2. The van der Waals surface area contributed by atoms with Gasteiger partial charge in [0.25, 0.3) is 0 Å². The fourth-order valence-corrected chi connectivity index (χ4v) is 17.7. The van der Waals surface area contributed by atoms with Gasteiger partial charge in [0.15, 0.2) is 17.4 Å². The molecule has 4 heterocycles. The Morgan fingerprint density at radius 3 is 2.33 bits per heavy atom. The highest BCUT2D eigenvalue weighted by molar-refractivity contribution is 6.84. The molecule has 2 aliphatic heterocycles. The maximum atomic E-state index is 11.9. The van der Waals surface area contributed by atoms with Crippen LogP contribution in [0.4, 0.5) is 5.95 Å². The topological polar surface area (TPSA) is 168 Å². The number of fused-ring (bicyclic) bond motifs is 2. The van der Waals surface area contributed by atoms with Crippen molar-refractivity contribution in [3.63, 3.8) is 0 Å². The van der Waals surface area contributed by atoms with E-state index in [2.05, 4.69) is 85.7 Å². The van der Waals surface area contributed by atoms with Gasteiger partial charge in [-0.1, -0.05) is 60.5 Å². The highest BCUT2D eigenvalue weighted by Gasteiger charge is 2.64. The molecule has 2 aromatic rings. The molecule has 2 aliphatic rings. The van der Waals surface area contributed by atoms with Gasteiger partial charge in [-0.2, -0.15) is 9.97 Å². The minimum absolute atomic E-state index is 0.0587. The molecule has 0 spiro atoms. The summed E-state index contributed by atoms with van der Waals surface area (Å²) in [5.41, 5.74) is 9.81. The van der Waals surface area contributed by atoms with Crippen molar-refractivity contribution in [2.75, 3.05) is 18.5 Å². The number of nitrogens with one attached hydrogen (secondary N) is 1. The zero-order chi connectivity index (χ0) is 31.9. The maximum absolute atomic E-state index is 11.9. The van der Waals surface area contributed by atoms with E-state index < -0.39 is 41.1 Å². The molecule has 4 rings (SSSR count). The molecule has 0 radical (unpaired) electrons. The van der Waals surface area contributed by atoms with Gasteiger partial charge in [-0.15, -0.1) is 0 Å². The molecule has 4 atom stereocenters. The monoisotopic (exact) mass is 634 g/mol. The lowest BCUT2D eigenvalue weighted by Crippen LogP contribution is -2.66. The van der Waals surface area contributed by atoms with Crippen molar-refractivity contribution < 1.29 is 27.2 Å². The number of hydrogen-bond donors (Lipinski definition) is 1. The van der Waals surface area contributed by atoms with Crippen LogP contribution in [-0.2, 0) is 22.5 Å². The van der Waals surface area contributed by atoms with Gasteiger partial charge in [0.1, 0.15) is 11.6 Å². The van der Waals surface area contributed by atoms with Gasteiger partial charge in [-0.05, 0) is 41.5 Å². The van der Waals surface area contributed by atoms with E-state index in [0.717, 1.165) is 0 Å². The lowest BCUT2D eigenvalue weighted by Gasteiger charge is -2.52. The van der Waals surface area contributed by atoms with Gasteiger partial charge >= 0.3 is 17.1 Å². The number of anilines is 1. The van der Waals surface area contributed by atoms with Gasteiger partial charge in [0, 0.05) is 11.8 Å². The molecule has 0 aromatic carbocycles. The SMILES string of the molecule is CCOc1nc(NC(C)=O)nc2c1ncn2[C@@H]1O[C@@H]2CO[Si](C(C)C)(C(C)C)O[Si](C(C)C)(C(C)C)OC2[C@@]1(C)N=[N+]=[N-]. The van der Waals surface area contributed by atoms with Gasteiger partial charge in [-0.3, -0.25) is 14.7 Å². The number of azide groups is 1. The first-order valence-corrected chi connectivity index (χ1v) is 19.0. The molecule has 14 nitrogen and oxygen atoms in total. The number of hydrogen-bond acceptors (Lipinski definition) is 10. The number of carbonyl (C=O) groups is 1. The van der Waals surface area contributed by atoms with Crippen molar-refractivity contribution in [2.24, 2.45) is 5.11 Å². The van der Waals surface area contributed by atoms with Crippen LogP contribution in [0.25, 0.3) is 21.6 Å². The maximum Gasteiger partial charge on any atom is 0.335 e. The number of amides is 1. The molecule has 1 unspecified atom stereocenters. The first kappa shape index (κ1) is 33.3. The predicted molar refractivity (Wildman–Crippen MR) is 166 cm³/mol. The van der Waals surface area contributed by atoms with Crippen molar-refractivity contribution in [1.82, 2.24) is 19.5 Å². The summed E-state index contributed by atoms with van der Waals surface area (Å²) in [4.78, 5) is 28.6. The Bertz CT molecular complexity index is 1360. The highest BCUT2D eigenvalue weighted by Crippen LogP contribution is 2.52. The largest absolute Gasteiger partial charge is 0.476 e. The molecule has 0 aliphatic carbocycles. The molecule has 16 heteroatoms. The van der Waals surface area contributed by atoms with Gasteiger partial charge in [-0.25, -0.2) is 4.98 Å². The Morgan fingerprint density at radius 2 is 1.79 bits per heavy atom. The normalized spacial score (nSPS) is 26.8. The van der Waals surface area contributed by atoms with Crippen LogP contribution in [0.15, 0.2) is 11.4 Å². The van der Waals surface area contributed by atoms with E-state index >= 15 is 0 Å². The quantitative estimate of drug-likeness (QED) is 0.148. The summed E-state index contributed by atoms with van der Waals surface area (Å²) < 4.78 is 35.7. The van der Waals surface area contributed by atoms with Crippen LogP contribution in [0.3, 0.4) is 0 Å². The molecular formula is C27H46N8O6Si2. The standard InChI is InChI=1S/C27H46N8O6Si2/c1-12-37-24-21-23(31-26(32-24)30-19(10)36)35(14-29-21)25-27(11,33-34-28)22-20(39-25)13-38-42(15(2)3,16(4)5)41-43(40-22,17(6)7)18(8)9/h14-18,20,22,25H,12-13H2,1-11H3,(H,30,31,32,36)/t20-,22?,25-,27-/m1/s1. The van der Waals surface area contributed by atoms with Crippen molar-refractivity contribution in [3.8, 4) is 5.88 Å². The molecule has 1 amide bonds. The number of imidazole rings is 1. The molecule has 2 saturated heterocycles. The fraction of sp³-hybridized carbons (Fsp3) is 0.778. The Morgan fingerprint density at radius 1 is 1.16 bits per heavy atom. The van der Waals surface area contributed by atoms with Gasteiger partial charge in [0.05, 0.1) is 25.6 Å². The number of rotatable bonds is 9. The smallest absolute Gasteiger partial charge is 0.335 e. The third-order valence-corrected chi connectivity index (χ3v) is 18.7. The van der Waals surface area contributed by atoms with Crippen LogP contribution in [0.1, 0.15) is 82.4 Å². The van der Waals surface area contributed by atoms with E-state index in [1.54, 1.807) is 10.9 Å². The van der Waals surface area contributed by atoms with Crippen molar-refractivity contribution in [1.29, 1.82) is 0 Å². The first-order chi connectivity index (χ1) is 20.2. The molecule has 43 heavy (non-hydrogen) atoms. The summed E-state index contributed by atoms with van der Waals surface area (Å²) in [6, 6.07) is 0. The molecule has 0 saturated carbocycles. The second kappa shape index (κ2) is 12.4. The van der Waals surface area contributed by atoms with E-state index in [0.29, 0.717) is 17.8 Å². The molecule has 2 aromatic heterocycles. The van der Waals surface area contributed by atoms with Crippen molar-refractivity contribution >= 4 is 40.1 Å². The Hall–Kier alpha value is -2.60. The zero-order valence-electron chi connectivity index (χ0n) is 27.1. The number of carbonyl (C=O) groups excluding carboxylic acids is 1. The van der Waals surface area contributed by atoms with Crippen LogP contribution >= 0.6 is 0 Å². The van der Waals surface area contributed by atoms with Crippen LogP contribution < -0.4 is 10.1 Å². The average Bonchev–Trinajstić information content (AvgIpc) is 3.42. The Balaban J connectivity index is 1.92. The summed E-state index contributed by atoms with van der Waals surface area (Å²) in [5, 5.41) is 6.96. The first-order valence-electron chi connectivity index (χ1n) is 15.0. The number of aromatic nitrogens is 4. The zero-order valence-corrected chi connectivity index (χ0v) is 29.1. The lowest BCUT2D eigenvalue weighted by molar-refractivity contribution is -0.114. The predicted octanol–water partition coefficient (Wildman–Crippen LogP) is 6.11. The summed E-state index contributed by atoms with van der Waals surface area (Å²) in [7, 11) is -5.86. The number of nitrogens with zero attached hydrogens (tertiary/aromatic N) is 7. The molecule has 238 valence electrons.